The topological polar surface area (TPSA) is 55.4 Å². The van der Waals surface area contributed by atoms with Crippen LogP contribution in [0.25, 0.3) is 0 Å². The Morgan fingerprint density at radius 3 is 2.55 bits per heavy atom. The van der Waals surface area contributed by atoms with Crippen LogP contribution in [0.5, 0.6) is 0 Å². The van der Waals surface area contributed by atoms with Crippen LogP contribution in [0.15, 0.2) is 23.1 Å². The second kappa shape index (κ2) is 6.89. The Hall–Kier alpha value is -0.620. The van der Waals surface area contributed by atoms with Gasteiger partial charge in [-0.2, -0.15) is 0 Å². The molecule has 1 rings (SSSR count). The van der Waals surface area contributed by atoms with Crippen molar-refractivity contribution in [2.24, 2.45) is 0 Å². The smallest absolute Gasteiger partial charge is 0.175 e. The Labute approximate surface area is 126 Å². The van der Waals surface area contributed by atoms with Crippen LogP contribution in [0.2, 0.25) is 5.02 Å². The second-order valence-electron chi connectivity index (χ2n) is 5.28. The molecule has 0 aliphatic heterocycles. The van der Waals surface area contributed by atoms with Crippen LogP contribution < -0.4 is 5.32 Å². The van der Waals surface area contributed by atoms with Crippen molar-refractivity contribution in [2.75, 3.05) is 19.4 Å². The van der Waals surface area contributed by atoms with E-state index in [4.69, 9.17) is 16.3 Å². The largest absolute Gasteiger partial charge is 0.375 e. The van der Waals surface area contributed by atoms with Gasteiger partial charge in [0.15, 0.2) is 9.84 Å². The van der Waals surface area contributed by atoms with E-state index in [0.717, 1.165) is 0 Å². The first-order chi connectivity index (χ1) is 9.17. The Balaban J connectivity index is 2.84. The summed E-state index contributed by atoms with van der Waals surface area (Å²) in [4.78, 5) is 0.270. The third kappa shape index (κ3) is 5.05. The fourth-order valence-electron chi connectivity index (χ4n) is 1.99. The van der Waals surface area contributed by atoms with E-state index < -0.39 is 9.84 Å². The highest BCUT2D eigenvalue weighted by Crippen LogP contribution is 2.24. The molecular weight excluding hydrogens is 298 g/mol. The summed E-state index contributed by atoms with van der Waals surface area (Å²) in [6, 6.07) is 4.92. The first kappa shape index (κ1) is 17.4. The average molecular weight is 320 g/mol. The molecule has 0 atom stereocenters. The molecule has 0 fully saturated rings. The van der Waals surface area contributed by atoms with Crippen LogP contribution in [0.3, 0.4) is 0 Å². The molecule has 0 amide bonds. The first-order valence-corrected chi connectivity index (χ1v) is 8.76. The number of rotatable bonds is 7. The Morgan fingerprint density at radius 1 is 1.35 bits per heavy atom. The van der Waals surface area contributed by atoms with Gasteiger partial charge >= 0.3 is 0 Å². The summed E-state index contributed by atoms with van der Waals surface area (Å²) in [5.41, 5.74) is 0.297. The molecule has 6 heteroatoms. The van der Waals surface area contributed by atoms with Gasteiger partial charge in [0, 0.05) is 36.5 Å². The van der Waals surface area contributed by atoms with Gasteiger partial charge in [0.25, 0.3) is 0 Å². The number of sulfone groups is 1. The lowest BCUT2D eigenvalue weighted by Gasteiger charge is -2.25. The summed E-state index contributed by atoms with van der Waals surface area (Å²) in [5.74, 6) is 0. The number of hydrogen-bond acceptors (Lipinski definition) is 4. The molecular formula is C14H22ClNO3S. The molecule has 0 aliphatic rings. The normalized spacial score (nSPS) is 12.7. The van der Waals surface area contributed by atoms with E-state index in [1.807, 2.05) is 20.8 Å². The molecule has 0 radical (unpaired) electrons. The number of nitrogens with one attached hydrogen (secondary N) is 1. The van der Waals surface area contributed by atoms with Crippen LogP contribution in [-0.2, 0) is 21.1 Å². The lowest BCUT2D eigenvalue weighted by atomic mass is 10.1. The zero-order chi connectivity index (χ0) is 15.4. The summed E-state index contributed by atoms with van der Waals surface area (Å²) >= 11 is 6.11. The molecule has 1 N–H and O–H groups in total. The van der Waals surface area contributed by atoms with Crippen molar-refractivity contribution >= 4 is 21.4 Å². The average Bonchev–Trinajstić information content (AvgIpc) is 2.29. The van der Waals surface area contributed by atoms with E-state index >= 15 is 0 Å². The minimum Gasteiger partial charge on any atom is -0.375 e. The highest BCUT2D eigenvalue weighted by molar-refractivity contribution is 7.90. The van der Waals surface area contributed by atoms with Crippen molar-refractivity contribution < 1.29 is 13.2 Å². The summed E-state index contributed by atoms with van der Waals surface area (Å²) in [6.07, 6.45) is 1.19. The van der Waals surface area contributed by atoms with Crippen molar-refractivity contribution in [1.82, 2.24) is 5.32 Å². The monoisotopic (exact) mass is 319 g/mol. The molecule has 20 heavy (non-hydrogen) atoms. The lowest BCUT2D eigenvalue weighted by Crippen LogP contribution is -2.37. The maximum Gasteiger partial charge on any atom is 0.175 e. The van der Waals surface area contributed by atoms with E-state index in [-0.39, 0.29) is 10.5 Å². The number of benzene rings is 1. The summed E-state index contributed by atoms with van der Waals surface area (Å²) in [5, 5.41) is 3.66. The fourth-order valence-corrected chi connectivity index (χ4v) is 3.24. The standard InChI is InChI=1S/C14H22ClNO3S/c1-5-19-14(2,3)10-16-9-11-12(15)7-6-8-13(11)20(4,17)18/h6-8,16H,5,9-10H2,1-4H3. The van der Waals surface area contributed by atoms with Crippen molar-refractivity contribution in [3.63, 3.8) is 0 Å². The van der Waals surface area contributed by atoms with Crippen LogP contribution in [0.1, 0.15) is 26.3 Å². The van der Waals surface area contributed by atoms with Crippen LogP contribution in [-0.4, -0.2) is 33.4 Å². The van der Waals surface area contributed by atoms with Crippen molar-refractivity contribution in [3.8, 4) is 0 Å². The van der Waals surface area contributed by atoms with Crippen LogP contribution in [0.4, 0.5) is 0 Å². The van der Waals surface area contributed by atoms with Crippen molar-refractivity contribution in [2.45, 2.75) is 37.8 Å². The van der Waals surface area contributed by atoms with Gasteiger partial charge in [0.05, 0.1) is 10.5 Å². The summed E-state index contributed by atoms with van der Waals surface area (Å²) in [6.45, 7) is 7.53. The quantitative estimate of drug-likeness (QED) is 0.839. The lowest BCUT2D eigenvalue weighted by molar-refractivity contribution is -0.00900. The molecule has 4 nitrogen and oxygen atoms in total. The minimum absolute atomic E-state index is 0.270. The van der Waals surface area contributed by atoms with E-state index in [1.54, 1.807) is 18.2 Å². The molecule has 0 aliphatic carbocycles. The Morgan fingerprint density at radius 2 is 2.00 bits per heavy atom. The number of hydrogen-bond donors (Lipinski definition) is 1. The zero-order valence-electron chi connectivity index (χ0n) is 12.4. The molecule has 0 saturated heterocycles. The zero-order valence-corrected chi connectivity index (χ0v) is 13.9. The molecule has 0 unspecified atom stereocenters. The Bertz CT molecular complexity index is 556. The third-order valence-electron chi connectivity index (χ3n) is 2.86. The second-order valence-corrected chi connectivity index (χ2v) is 7.68. The molecule has 0 bridgehead atoms. The predicted molar refractivity (Wildman–Crippen MR) is 82.0 cm³/mol. The minimum atomic E-state index is -3.29. The predicted octanol–water partition coefficient (Wildman–Crippen LogP) is 2.65. The van der Waals surface area contributed by atoms with Crippen molar-refractivity contribution in [1.29, 1.82) is 0 Å². The molecule has 114 valence electrons. The SMILES string of the molecule is CCOC(C)(C)CNCc1c(Cl)cccc1S(C)(=O)=O. The third-order valence-corrected chi connectivity index (χ3v) is 4.40. The maximum atomic E-state index is 11.8. The summed E-state index contributed by atoms with van der Waals surface area (Å²) in [7, 11) is -3.29. The molecule has 0 saturated carbocycles. The van der Waals surface area contributed by atoms with Gasteiger partial charge in [-0.3, -0.25) is 0 Å². The van der Waals surface area contributed by atoms with Gasteiger partial charge in [-0.1, -0.05) is 17.7 Å². The molecule has 0 aromatic heterocycles. The van der Waals surface area contributed by atoms with Crippen LogP contribution >= 0.6 is 11.6 Å². The highest BCUT2D eigenvalue weighted by Gasteiger charge is 2.19. The number of halogens is 1. The molecule has 1 aromatic carbocycles. The van der Waals surface area contributed by atoms with Gasteiger partial charge in [0.2, 0.25) is 0 Å². The van der Waals surface area contributed by atoms with E-state index in [2.05, 4.69) is 5.32 Å². The van der Waals surface area contributed by atoms with Crippen molar-refractivity contribution in [3.05, 3.63) is 28.8 Å². The van der Waals surface area contributed by atoms with Gasteiger partial charge in [0.1, 0.15) is 0 Å². The van der Waals surface area contributed by atoms with E-state index in [0.29, 0.717) is 30.3 Å². The highest BCUT2D eigenvalue weighted by atomic mass is 35.5. The van der Waals surface area contributed by atoms with Gasteiger partial charge < -0.3 is 10.1 Å². The molecule has 0 heterocycles. The van der Waals surface area contributed by atoms with E-state index in [1.165, 1.54) is 6.26 Å². The van der Waals surface area contributed by atoms with E-state index in [9.17, 15) is 8.42 Å². The fraction of sp³-hybridized carbons (Fsp3) is 0.571. The molecule has 0 spiro atoms. The summed E-state index contributed by atoms with van der Waals surface area (Å²) < 4.78 is 29.1. The van der Waals surface area contributed by atoms with Gasteiger partial charge in [-0.05, 0) is 32.9 Å². The molecule has 1 aromatic rings. The number of ether oxygens (including phenoxy) is 1. The van der Waals surface area contributed by atoms with Gasteiger partial charge in [-0.25, -0.2) is 8.42 Å². The maximum absolute atomic E-state index is 11.8. The van der Waals surface area contributed by atoms with Crippen LogP contribution in [0, 0.1) is 0 Å². The first-order valence-electron chi connectivity index (χ1n) is 6.49. The van der Waals surface area contributed by atoms with Gasteiger partial charge in [-0.15, -0.1) is 0 Å². The Kier molecular flexibility index (Phi) is 6.01.